The Morgan fingerprint density at radius 1 is 1.04 bits per heavy atom. The molecule has 3 rings (SSSR count). The molecule has 0 bridgehead atoms. The Morgan fingerprint density at radius 2 is 1.67 bits per heavy atom. The molecule has 1 heterocycles. The summed E-state index contributed by atoms with van der Waals surface area (Å²) in [6, 6.07) is 6.24. The molecule has 24 heavy (non-hydrogen) atoms. The highest BCUT2D eigenvalue weighted by atomic mass is 79.9. The smallest absolute Gasteiger partial charge is 0.449 e. The van der Waals surface area contributed by atoms with Gasteiger partial charge in [0.15, 0.2) is 5.75 Å². The summed E-state index contributed by atoms with van der Waals surface area (Å²) in [6.45, 7) is 0. The number of hydrogen-bond donors (Lipinski definition) is 1. The second-order valence-electron chi connectivity index (χ2n) is 4.63. The Labute approximate surface area is 156 Å². The average molecular weight is 460 g/mol. The van der Waals surface area contributed by atoms with Crippen LogP contribution in [0.25, 0.3) is 11.0 Å². The number of fused-ring (bicyclic) bond motifs is 1. The normalized spacial score (nSPS) is 12.0. The van der Waals surface area contributed by atoms with Gasteiger partial charge in [-0.1, -0.05) is 34.8 Å². The average Bonchev–Trinajstić information content (AvgIpc) is 2.97. The molecule has 0 saturated carbocycles. The Hall–Kier alpha value is -1.15. The zero-order valence-corrected chi connectivity index (χ0v) is 15.2. The molecular formula is C14H5BrCl3F3N2O. The van der Waals surface area contributed by atoms with Crippen molar-refractivity contribution >= 4 is 61.8 Å². The van der Waals surface area contributed by atoms with E-state index in [4.69, 9.17) is 39.5 Å². The number of aromatic nitrogens is 2. The van der Waals surface area contributed by atoms with Crippen molar-refractivity contribution in [2.24, 2.45) is 0 Å². The minimum absolute atomic E-state index is 0.0137. The van der Waals surface area contributed by atoms with Gasteiger partial charge in [-0.3, -0.25) is 0 Å². The number of aromatic amines is 1. The van der Waals surface area contributed by atoms with Crippen LogP contribution < -0.4 is 4.74 Å². The highest BCUT2D eigenvalue weighted by molar-refractivity contribution is 9.10. The van der Waals surface area contributed by atoms with Gasteiger partial charge >= 0.3 is 6.18 Å². The van der Waals surface area contributed by atoms with E-state index in [1.807, 2.05) is 0 Å². The van der Waals surface area contributed by atoms with Crippen molar-refractivity contribution in [1.82, 2.24) is 9.97 Å². The van der Waals surface area contributed by atoms with E-state index in [0.29, 0.717) is 10.8 Å². The number of halogens is 7. The van der Waals surface area contributed by atoms with Crippen LogP contribution in [-0.4, -0.2) is 9.97 Å². The van der Waals surface area contributed by atoms with E-state index in [1.54, 1.807) is 24.3 Å². The highest BCUT2D eigenvalue weighted by Crippen LogP contribution is 2.46. The lowest BCUT2D eigenvalue weighted by atomic mass is 10.3. The topological polar surface area (TPSA) is 37.9 Å². The van der Waals surface area contributed by atoms with Gasteiger partial charge < -0.3 is 9.72 Å². The van der Waals surface area contributed by atoms with Crippen molar-refractivity contribution < 1.29 is 17.9 Å². The third-order valence-corrected chi connectivity index (χ3v) is 5.26. The predicted molar refractivity (Wildman–Crippen MR) is 90.3 cm³/mol. The Bertz CT molecular complexity index is 926. The van der Waals surface area contributed by atoms with Crippen LogP contribution in [0.15, 0.2) is 28.7 Å². The zero-order valence-electron chi connectivity index (χ0n) is 11.3. The molecule has 1 aromatic heterocycles. The van der Waals surface area contributed by atoms with E-state index in [2.05, 4.69) is 25.9 Å². The highest BCUT2D eigenvalue weighted by Gasteiger charge is 2.36. The number of hydrogen-bond acceptors (Lipinski definition) is 2. The van der Waals surface area contributed by atoms with E-state index in [9.17, 15) is 13.2 Å². The summed E-state index contributed by atoms with van der Waals surface area (Å²) in [5.74, 6) is -0.900. The molecule has 10 heteroatoms. The van der Waals surface area contributed by atoms with Crippen molar-refractivity contribution in [3.63, 3.8) is 0 Å². The second kappa shape index (κ2) is 6.29. The molecule has 0 aliphatic rings. The predicted octanol–water partition coefficient (Wildman–Crippen LogP) is 7.10. The van der Waals surface area contributed by atoms with Crippen LogP contribution in [0.1, 0.15) is 5.82 Å². The van der Waals surface area contributed by atoms with E-state index >= 15 is 0 Å². The minimum atomic E-state index is -4.67. The number of benzene rings is 2. The maximum absolute atomic E-state index is 12.9. The third-order valence-electron chi connectivity index (χ3n) is 3.03. The molecule has 3 aromatic rings. The fourth-order valence-corrected chi connectivity index (χ4v) is 2.96. The third kappa shape index (κ3) is 3.18. The van der Waals surface area contributed by atoms with Crippen LogP contribution >= 0.6 is 50.7 Å². The van der Waals surface area contributed by atoms with Gasteiger partial charge in [-0.2, -0.15) is 13.2 Å². The van der Waals surface area contributed by atoms with Gasteiger partial charge in [-0.25, -0.2) is 4.98 Å². The summed E-state index contributed by atoms with van der Waals surface area (Å²) in [5, 5.41) is 0.446. The largest absolute Gasteiger partial charge is 0.453 e. The maximum Gasteiger partial charge on any atom is 0.449 e. The van der Waals surface area contributed by atoms with Crippen molar-refractivity contribution in [3.05, 3.63) is 49.6 Å². The minimum Gasteiger partial charge on any atom is -0.453 e. The summed E-state index contributed by atoms with van der Waals surface area (Å²) in [4.78, 5) is 5.67. The van der Waals surface area contributed by atoms with E-state index in [0.717, 1.165) is 0 Å². The van der Waals surface area contributed by atoms with Crippen molar-refractivity contribution in [1.29, 1.82) is 0 Å². The molecule has 0 amide bonds. The molecule has 126 valence electrons. The number of imidazole rings is 1. The molecule has 0 aliphatic carbocycles. The Kier molecular flexibility index (Phi) is 4.63. The van der Waals surface area contributed by atoms with Gasteiger partial charge in [0, 0.05) is 5.02 Å². The summed E-state index contributed by atoms with van der Waals surface area (Å²) in [6.07, 6.45) is -4.67. The lowest BCUT2D eigenvalue weighted by molar-refractivity contribution is -0.144. The lowest BCUT2D eigenvalue weighted by Crippen LogP contribution is -2.06. The summed E-state index contributed by atoms with van der Waals surface area (Å²) in [5.41, 5.74) is -0.167. The first-order chi connectivity index (χ1) is 11.2. The summed E-state index contributed by atoms with van der Waals surface area (Å²) in [7, 11) is 0. The van der Waals surface area contributed by atoms with Gasteiger partial charge in [0.25, 0.3) is 0 Å². The Morgan fingerprint density at radius 3 is 2.25 bits per heavy atom. The molecule has 0 atom stereocenters. The van der Waals surface area contributed by atoms with Gasteiger partial charge in [-0.05, 0) is 40.2 Å². The first-order valence-corrected chi connectivity index (χ1v) is 8.18. The number of nitrogens with one attached hydrogen (secondary N) is 1. The van der Waals surface area contributed by atoms with Crippen LogP contribution in [-0.2, 0) is 6.18 Å². The fourth-order valence-electron chi connectivity index (χ4n) is 1.96. The van der Waals surface area contributed by atoms with Crippen LogP contribution in [0.2, 0.25) is 15.1 Å². The van der Waals surface area contributed by atoms with Crippen LogP contribution in [0.5, 0.6) is 11.5 Å². The first kappa shape index (κ1) is 17.7. The van der Waals surface area contributed by atoms with E-state index in [-0.39, 0.29) is 31.3 Å². The van der Waals surface area contributed by atoms with Gasteiger partial charge in [-0.15, -0.1) is 0 Å². The SMILES string of the molecule is FC(F)(F)c1nc2c(Cl)c(Br)c(Cl)c(Oc3ccc(Cl)cc3)c2[nH]1. The number of alkyl halides is 3. The molecule has 0 fully saturated rings. The molecule has 0 saturated heterocycles. The quantitative estimate of drug-likeness (QED) is 0.415. The van der Waals surface area contributed by atoms with Crippen molar-refractivity contribution in [2.45, 2.75) is 6.18 Å². The fraction of sp³-hybridized carbons (Fsp3) is 0.0714. The number of nitrogens with zero attached hydrogens (tertiary/aromatic N) is 1. The maximum atomic E-state index is 12.9. The monoisotopic (exact) mass is 458 g/mol. The van der Waals surface area contributed by atoms with Crippen molar-refractivity contribution in [2.75, 3.05) is 0 Å². The molecular weight excluding hydrogens is 455 g/mol. The molecule has 0 spiro atoms. The standard InChI is InChI=1S/C14H5BrCl3F3N2O/c15-7-8(17)10-11(23-13(22-10)14(19,20)21)12(9(7)18)24-6-3-1-5(16)2-4-6/h1-4H,(H,22,23). The van der Waals surface area contributed by atoms with Crippen LogP contribution in [0.3, 0.4) is 0 Å². The lowest BCUT2D eigenvalue weighted by Gasteiger charge is -2.11. The second-order valence-corrected chi connectivity index (χ2v) is 6.62. The molecule has 3 nitrogen and oxygen atoms in total. The zero-order chi connectivity index (χ0) is 17.6. The van der Waals surface area contributed by atoms with E-state index < -0.39 is 12.0 Å². The molecule has 0 unspecified atom stereocenters. The van der Waals surface area contributed by atoms with Gasteiger partial charge in [0.1, 0.15) is 21.8 Å². The van der Waals surface area contributed by atoms with Crippen molar-refractivity contribution in [3.8, 4) is 11.5 Å². The first-order valence-electron chi connectivity index (χ1n) is 6.25. The van der Waals surface area contributed by atoms with Crippen LogP contribution in [0.4, 0.5) is 13.2 Å². The molecule has 0 radical (unpaired) electrons. The molecule has 2 aromatic carbocycles. The summed E-state index contributed by atoms with van der Waals surface area (Å²) < 4.78 is 44.6. The Balaban J connectivity index is 2.21. The number of rotatable bonds is 2. The van der Waals surface area contributed by atoms with Gasteiger partial charge in [0.05, 0.1) is 9.50 Å². The van der Waals surface area contributed by atoms with E-state index in [1.165, 1.54) is 0 Å². The van der Waals surface area contributed by atoms with Gasteiger partial charge in [0.2, 0.25) is 5.82 Å². The van der Waals surface area contributed by atoms with Crippen LogP contribution in [0, 0.1) is 0 Å². The summed E-state index contributed by atoms with van der Waals surface area (Å²) >= 11 is 21.1. The molecule has 0 aliphatic heterocycles. The number of ether oxygens (including phenoxy) is 1. The molecule has 1 N–H and O–H groups in total. The number of H-pyrrole nitrogens is 1.